The molecule has 6 nitrogen and oxygen atoms in total. The summed E-state index contributed by atoms with van der Waals surface area (Å²) >= 11 is 1.21. The molecule has 0 N–H and O–H groups in total. The summed E-state index contributed by atoms with van der Waals surface area (Å²) in [5, 5.41) is 9.87. The summed E-state index contributed by atoms with van der Waals surface area (Å²) in [5.74, 6) is 1.27. The number of aromatic nitrogens is 2. The van der Waals surface area contributed by atoms with E-state index in [1.165, 1.54) is 23.4 Å². The Labute approximate surface area is 148 Å². The van der Waals surface area contributed by atoms with Crippen LogP contribution in [0.4, 0.5) is 0 Å². The van der Waals surface area contributed by atoms with E-state index in [1.807, 2.05) is 6.07 Å². The van der Waals surface area contributed by atoms with Gasteiger partial charge in [-0.15, -0.1) is 0 Å². The zero-order chi connectivity index (χ0) is 17.8. The molecular weight excluding hydrogens is 338 g/mol. The number of ether oxygens (including phenoxy) is 2. The first kappa shape index (κ1) is 16.9. The van der Waals surface area contributed by atoms with E-state index in [4.69, 9.17) is 14.7 Å². The molecule has 0 fully saturated rings. The van der Waals surface area contributed by atoms with E-state index >= 15 is 0 Å². The summed E-state index contributed by atoms with van der Waals surface area (Å²) in [7, 11) is 3.09. The van der Waals surface area contributed by atoms with Crippen LogP contribution in [0.25, 0.3) is 16.6 Å². The maximum absolute atomic E-state index is 13.0. The molecule has 0 aliphatic heterocycles. The largest absolute Gasteiger partial charge is 0.493 e. The van der Waals surface area contributed by atoms with Gasteiger partial charge in [-0.3, -0.25) is 9.36 Å². The maximum atomic E-state index is 13.0. The molecule has 3 aromatic rings. The van der Waals surface area contributed by atoms with Crippen molar-refractivity contribution < 1.29 is 9.47 Å². The first-order valence-electron chi connectivity index (χ1n) is 7.43. The first-order chi connectivity index (χ1) is 12.2. The van der Waals surface area contributed by atoms with Crippen molar-refractivity contribution in [3.8, 4) is 23.3 Å². The van der Waals surface area contributed by atoms with Gasteiger partial charge in [-0.25, -0.2) is 4.98 Å². The highest BCUT2D eigenvalue weighted by atomic mass is 32.2. The molecule has 0 atom stereocenters. The SMILES string of the molecule is COc1ccc(-n2c(SCC#N)nc3ccccc3c2=O)cc1OC. The van der Waals surface area contributed by atoms with Gasteiger partial charge in [0.25, 0.3) is 5.56 Å². The normalized spacial score (nSPS) is 10.4. The van der Waals surface area contributed by atoms with Crippen molar-refractivity contribution >= 4 is 22.7 Å². The molecule has 0 radical (unpaired) electrons. The highest BCUT2D eigenvalue weighted by Crippen LogP contribution is 2.30. The lowest BCUT2D eigenvalue weighted by Gasteiger charge is -2.14. The number of fused-ring (bicyclic) bond motifs is 1. The summed E-state index contributed by atoms with van der Waals surface area (Å²) in [6.45, 7) is 0. The topological polar surface area (TPSA) is 77.1 Å². The molecule has 0 bridgehead atoms. The number of nitriles is 1. The van der Waals surface area contributed by atoms with Crippen molar-refractivity contribution in [3.05, 3.63) is 52.8 Å². The summed E-state index contributed by atoms with van der Waals surface area (Å²) in [5.41, 5.74) is 1.00. The second kappa shape index (κ2) is 7.28. The molecule has 25 heavy (non-hydrogen) atoms. The van der Waals surface area contributed by atoms with Crippen LogP contribution in [0.5, 0.6) is 11.5 Å². The van der Waals surface area contributed by atoms with E-state index < -0.39 is 0 Å². The molecular formula is C18H15N3O3S. The van der Waals surface area contributed by atoms with Crippen LogP contribution in [0.15, 0.2) is 52.4 Å². The van der Waals surface area contributed by atoms with Crippen molar-refractivity contribution in [2.75, 3.05) is 20.0 Å². The summed E-state index contributed by atoms with van der Waals surface area (Å²) in [4.78, 5) is 17.6. The Bertz CT molecular complexity index is 1020. The molecule has 0 aliphatic rings. The molecule has 126 valence electrons. The molecule has 3 rings (SSSR count). The Balaban J connectivity index is 2.28. The van der Waals surface area contributed by atoms with Gasteiger partial charge < -0.3 is 9.47 Å². The number of para-hydroxylation sites is 1. The molecule has 1 aromatic heterocycles. The van der Waals surface area contributed by atoms with Crippen molar-refractivity contribution in [3.63, 3.8) is 0 Å². The number of thioether (sulfide) groups is 1. The van der Waals surface area contributed by atoms with Gasteiger partial charge in [0.15, 0.2) is 16.7 Å². The first-order valence-corrected chi connectivity index (χ1v) is 8.42. The minimum atomic E-state index is -0.196. The monoisotopic (exact) mass is 353 g/mol. The molecule has 0 spiro atoms. The fourth-order valence-electron chi connectivity index (χ4n) is 2.50. The third-order valence-corrected chi connectivity index (χ3v) is 4.44. The van der Waals surface area contributed by atoms with Crippen molar-refractivity contribution in [1.82, 2.24) is 9.55 Å². The van der Waals surface area contributed by atoms with E-state index in [9.17, 15) is 4.79 Å². The zero-order valence-corrected chi connectivity index (χ0v) is 14.5. The van der Waals surface area contributed by atoms with E-state index in [-0.39, 0.29) is 11.3 Å². The second-order valence-corrected chi connectivity index (χ2v) is 5.98. The predicted molar refractivity (Wildman–Crippen MR) is 96.8 cm³/mol. The number of hydrogen-bond acceptors (Lipinski definition) is 6. The summed E-state index contributed by atoms with van der Waals surface area (Å²) < 4.78 is 12.1. The number of nitrogens with zero attached hydrogens (tertiary/aromatic N) is 3. The standard InChI is InChI=1S/C18H15N3O3S/c1-23-15-8-7-12(11-16(15)24-2)21-17(22)13-5-3-4-6-14(13)20-18(21)25-10-9-19/h3-8,11H,10H2,1-2H3. The van der Waals surface area contributed by atoms with Gasteiger partial charge in [0, 0.05) is 6.07 Å². The summed E-state index contributed by atoms with van der Waals surface area (Å²) in [6, 6.07) is 14.4. The molecule has 0 aliphatic carbocycles. The van der Waals surface area contributed by atoms with Crippen LogP contribution in [0.2, 0.25) is 0 Å². The number of hydrogen-bond donors (Lipinski definition) is 0. The number of rotatable bonds is 5. The van der Waals surface area contributed by atoms with E-state index in [0.29, 0.717) is 33.2 Å². The van der Waals surface area contributed by atoms with Crippen molar-refractivity contribution in [1.29, 1.82) is 5.26 Å². The van der Waals surface area contributed by atoms with Gasteiger partial charge in [0.05, 0.1) is 42.6 Å². The van der Waals surface area contributed by atoms with Crippen molar-refractivity contribution in [2.45, 2.75) is 5.16 Å². The fourth-order valence-corrected chi connectivity index (χ4v) is 3.17. The average Bonchev–Trinajstić information content (AvgIpc) is 2.66. The molecule has 0 saturated carbocycles. The van der Waals surface area contributed by atoms with Gasteiger partial charge >= 0.3 is 0 Å². The van der Waals surface area contributed by atoms with Crippen LogP contribution in [-0.4, -0.2) is 29.5 Å². The minimum Gasteiger partial charge on any atom is -0.493 e. The van der Waals surface area contributed by atoms with Crippen LogP contribution < -0.4 is 15.0 Å². The maximum Gasteiger partial charge on any atom is 0.266 e. The van der Waals surface area contributed by atoms with E-state index in [2.05, 4.69) is 11.1 Å². The third kappa shape index (κ3) is 3.16. The van der Waals surface area contributed by atoms with E-state index in [1.54, 1.807) is 43.5 Å². The Hall–Kier alpha value is -2.98. The fraction of sp³-hybridized carbons (Fsp3) is 0.167. The smallest absolute Gasteiger partial charge is 0.266 e. The van der Waals surface area contributed by atoms with Crippen LogP contribution in [-0.2, 0) is 0 Å². The molecule has 0 amide bonds. The minimum absolute atomic E-state index is 0.193. The van der Waals surface area contributed by atoms with Crippen LogP contribution in [0.3, 0.4) is 0 Å². The number of methoxy groups -OCH3 is 2. The summed E-state index contributed by atoms with van der Waals surface area (Å²) in [6.07, 6.45) is 0. The van der Waals surface area contributed by atoms with Crippen molar-refractivity contribution in [2.24, 2.45) is 0 Å². The Kier molecular flexibility index (Phi) is 4.91. The highest BCUT2D eigenvalue weighted by Gasteiger charge is 2.15. The molecule has 1 heterocycles. The molecule has 0 unspecified atom stereocenters. The molecule has 7 heteroatoms. The average molecular weight is 353 g/mol. The van der Waals surface area contributed by atoms with Gasteiger partial charge in [-0.05, 0) is 24.3 Å². The Morgan fingerprint density at radius 1 is 1.16 bits per heavy atom. The molecule has 2 aromatic carbocycles. The molecule has 0 saturated heterocycles. The van der Waals surface area contributed by atoms with Crippen LogP contribution in [0, 0.1) is 11.3 Å². The van der Waals surface area contributed by atoms with Gasteiger partial charge in [-0.2, -0.15) is 5.26 Å². The quantitative estimate of drug-likeness (QED) is 0.518. The van der Waals surface area contributed by atoms with Gasteiger partial charge in [0.2, 0.25) is 0 Å². The van der Waals surface area contributed by atoms with Gasteiger partial charge in [-0.1, -0.05) is 23.9 Å². The van der Waals surface area contributed by atoms with Gasteiger partial charge in [0.1, 0.15) is 0 Å². The zero-order valence-electron chi connectivity index (χ0n) is 13.7. The number of benzene rings is 2. The third-order valence-electron chi connectivity index (χ3n) is 3.64. The Morgan fingerprint density at radius 3 is 2.64 bits per heavy atom. The van der Waals surface area contributed by atoms with Crippen LogP contribution >= 0.6 is 11.8 Å². The lowest BCUT2D eigenvalue weighted by molar-refractivity contribution is 0.354. The Morgan fingerprint density at radius 2 is 1.92 bits per heavy atom. The van der Waals surface area contributed by atoms with E-state index in [0.717, 1.165) is 0 Å². The van der Waals surface area contributed by atoms with Crippen LogP contribution in [0.1, 0.15) is 0 Å². The predicted octanol–water partition coefficient (Wildman–Crippen LogP) is 3.02. The second-order valence-electron chi connectivity index (χ2n) is 5.04. The lowest BCUT2D eigenvalue weighted by atomic mass is 10.2. The highest BCUT2D eigenvalue weighted by molar-refractivity contribution is 7.99. The lowest BCUT2D eigenvalue weighted by Crippen LogP contribution is -2.21.